The summed E-state index contributed by atoms with van der Waals surface area (Å²) in [4.78, 5) is 1.22. The third-order valence-electron chi connectivity index (χ3n) is 4.76. The molecule has 0 saturated carbocycles. The van der Waals surface area contributed by atoms with E-state index in [1.54, 1.807) is 11.8 Å². The molecule has 1 N–H and O–H groups in total. The maximum atomic E-state index is 10.9. The quantitative estimate of drug-likeness (QED) is 0.802. The number of thioether (sulfide) groups is 1. The predicted molar refractivity (Wildman–Crippen MR) is 92.4 cm³/mol. The van der Waals surface area contributed by atoms with Gasteiger partial charge in [-0.05, 0) is 92.0 Å². The Morgan fingerprint density at radius 1 is 0.762 bits per heavy atom. The van der Waals surface area contributed by atoms with Gasteiger partial charge in [-0.2, -0.15) is 0 Å². The van der Waals surface area contributed by atoms with Crippen LogP contribution in [0, 0.1) is 34.6 Å². The van der Waals surface area contributed by atoms with Crippen LogP contribution in [0.15, 0.2) is 29.2 Å². The van der Waals surface area contributed by atoms with Gasteiger partial charge in [0.05, 0.1) is 0 Å². The maximum Gasteiger partial charge on any atom is 0.105 e. The Kier molecular flexibility index (Phi) is 4.80. The number of hydrogen-bond acceptors (Lipinski definition) is 2. The first-order valence-corrected chi connectivity index (χ1v) is 8.49. The average molecular weight is 300 g/mol. The van der Waals surface area contributed by atoms with E-state index < -0.39 is 6.10 Å². The smallest absolute Gasteiger partial charge is 0.105 e. The summed E-state index contributed by atoms with van der Waals surface area (Å²) >= 11 is 1.72. The van der Waals surface area contributed by atoms with E-state index in [1.807, 2.05) is 12.1 Å². The number of aliphatic hydroxyl groups is 1. The molecule has 0 spiro atoms. The summed E-state index contributed by atoms with van der Waals surface area (Å²) in [5.41, 5.74) is 8.34. The largest absolute Gasteiger partial charge is 0.384 e. The molecule has 0 aliphatic rings. The first kappa shape index (κ1) is 16.1. The average Bonchev–Trinajstić information content (AvgIpc) is 2.51. The summed E-state index contributed by atoms with van der Waals surface area (Å²) in [6, 6.07) is 8.20. The van der Waals surface area contributed by atoms with Gasteiger partial charge in [0.1, 0.15) is 6.10 Å². The molecule has 0 saturated heterocycles. The molecule has 21 heavy (non-hydrogen) atoms. The lowest BCUT2D eigenvalue weighted by molar-refractivity contribution is 0.218. The molecule has 1 nitrogen and oxygen atoms in total. The number of benzene rings is 2. The molecule has 0 bridgehead atoms. The lowest BCUT2D eigenvalue weighted by Crippen LogP contribution is -2.09. The molecule has 2 aromatic rings. The van der Waals surface area contributed by atoms with Gasteiger partial charge in [-0.3, -0.25) is 0 Å². The van der Waals surface area contributed by atoms with Gasteiger partial charge in [0, 0.05) is 4.90 Å². The third-order valence-corrected chi connectivity index (χ3v) is 5.51. The molecule has 0 heterocycles. The van der Waals surface area contributed by atoms with Crippen molar-refractivity contribution in [2.24, 2.45) is 0 Å². The van der Waals surface area contributed by atoms with Crippen LogP contribution < -0.4 is 0 Å². The van der Waals surface area contributed by atoms with Gasteiger partial charge in [-0.15, -0.1) is 11.8 Å². The molecule has 0 aliphatic carbocycles. The summed E-state index contributed by atoms with van der Waals surface area (Å²) in [5, 5.41) is 10.9. The van der Waals surface area contributed by atoms with Gasteiger partial charge >= 0.3 is 0 Å². The molecule has 0 fully saturated rings. The van der Waals surface area contributed by atoms with Crippen LogP contribution in [0.2, 0.25) is 0 Å². The van der Waals surface area contributed by atoms with Crippen molar-refractivity contribution in [2.75, 3.05) is 6.26 Å². The third kappa shape index (κ3) is 2.88. The lowest BCUT2D eigenvalue weighted by Gasteiger charge is -2.23. The minimum atomic E-state index is -0.557. The van der Waals surface area contributed by atoms with Crippen LogP contribution in [-0.4, -0.2) is 11.4 Å². The summed E-state index contributed by atoms with van der Waals surface area (Å²) in [6.07, 6.45) is 1.51. The zero-order valence-electron chi connectivity index (χ0n) is 13.7. The molecule has 1 unspecified atom stereocenters. The van der Waals surface area contributed by atoms with E-state index in [-0.39, 0.29) is 0 Å². The summed E-state index contributed by atoms with van der Waals surface area (Å²) in [6.45, 7) is 10.7. The summed E-state index contributed by atoms with van der Waals surface area (Å²) < 4.78 is 0. The molecule has 0 aliphatic heterocycles. The van der Waals surface area contributed by atoms with Crippen molar-refractivity contribution in [3.63, 3.8) is 0 Å². The predicted octanol–water partition coefficient (Wildman–Crippen LogP) is 5.03. The van der Waals surface area contributed by atoms with Gasteiger partial charge in [0.2, 0.25) is 0 Å². The van der Waals surface area contributed by atoms with E-state index in [4.69, 9.17) is 0 Å². The van der Waals surface area contributed by atoms with E-state index in [2.05, 4.69) is 53.0 Å². The second-order valence-electron chi connectivity index (χ2n) is 5.71. The number of rotatable bonds is 3. The molecular formula is C19H24OS. The Bertz CT molecular complexity index is 627. The Balaban J connectivity index is 2.55. The van der Waals surface area contributed by atoms with Crippen LogP contribution in [0.3, 0.4) is 0 Å². The van der Waals surface area contributed by atoms with Gasteiger partial charge in [0.15, 0.2) is 0 Å². The Hall–Kier alpha value is -1.25. The summed E-state index contributed by atoms with van der Waals surface area (Å²) in [7, 11) is 0. The van der Waals surface area contributed by atoms with Gasteiger partial charge < -0.3 is 5.11 Å². The summed E-state index contributed by atoms with van der Waals surface area (Å²) in [5.74, 6) is 0. The first-order chi connectivity index (χ1) is 9.88. The zero-order valence-corrected chi connectivity index (χ0v) is 14.6. The Labute approximate surface area is 132 Å². The van der Waals surface area contributed by atoms with Crippen LogP contribution >= 0.6 is 11.8 Å². The molecule has 0 aromatic heterocycles. The van der Waals surface area contributed by atoms with Crippen molar-refractivity contribution in [3.8, 4) is 0 Å². The fraction of sp³-hybridized carbons (Fsp3) is 0.368. The van der Waals surface area contributed by atoms with Crippen LogP contribution in [0.5, 0.6) is 0 Å². The Morgan fingerprint density at radius 2 is 1.19 bits per heavy atom. The number of aliphatic hydroxyl groups excluding tert-OH is 1. The van der Waals surface area contributed by atoms with E-state index >= 15 is 0 Å². The molecular weight excluding hydrogens is 276 g/mol. The van der Waals surface area contributed by atoms with Gasteiger partial charge in [-0.25, -0.2) is 0 Å². The highest BCUT2D eigenvalue weighted by Gasteiger charge is 2.19. The highest BCUT2D eigenvalue weighted by atomic mass is 32.2. The van der Waals surface area contributed by atoms with Crippen molar-refractivity contribution in [3.05, 3.63) is 63.2 Å². The van der Waals surface area contributed by atoms with E-state index in [0.29, 0.717) is 0 Å². The maximum absolute atomic E-state index is 10.9. The Morgan fingerprint density at radius 3 is 1.62 bits per heavy atom. The molecule has 1 atom stereocenters. The van der Waals surface area contributed by atoms with Crippen molar-refractivity contribution >= 4 is 11.8 Å². The number of hydrogen-bond donors (Lipinski definition) is 1. The fourth-order valence-electron chi connectivity index (χ4n) is 2.89. The van der Waals surface area contributed by atoms with Crippen molar-refractivity contribution in [1.29, 1.82) is 0 Å². The molecule has 0 radical (unpaired) electrons. The molecule has 0 amide bonds. The minimum absolute atomic E-state index is 0.557. The first-order valence-electron chi connectivity index (χ1n) is 7.27. The van der Waals surface area contributed by atoms with Crippen molar-refractivity contribution < 1.29 is 5.11 Å². The highest BCUT2D eigenvalue weighted by Crippen LogP contribution is 2.34. The lowest BCUT2D eigenvalue weighted by atomic mass is 9.85. The second kappa shape index (κ2) is 6.25. The van der Waals surface area contributed by atoms with E-state index in [0.717, 1.165) is 11.1 Å². The monoisotopic (exact) mass is 300 g/mol. The van der Waals surface area contributed by atoms with Crippen molar-refractivity contribution in [1.82, 2.24) is 0 Å². The van der Waals surface area contributed by atoms with Crippen LogP contribution in [0.1, 0.15) is 45.0 Å². The normalized spacial score (nSPS) is 12.5. The second-order valence-corrected chi connectivity index (χ2v) is 6.59. The van der Waals surface area contributed by atoms with Crippen molar-refractivity contribution in [2.45, 2.75) is 45.6 Å². The van der Waals surface area contributed by atoms with Crippen LogP contribution in [-0.2, 0) is 0 Å². The molecule has 112 valence electrons. The van der Waals surface area contributed by atoms with E-state index in [9.17, 15) is 5.11 Å². The minimum Gasteiger partial charge on any atom is -0.384 e. The topological polar surface area (TPSA) is 20.2 Å². The molecule has 2 aromatic carbocycles. The van der Waals surface area contributed by atoms with Crippen LogP contribution in [0.25, 0.3) is 0 Å². The SMILES string of the molecule is CSc1ccc(C(O)c2c(C)c(C)c(C)c(C)c2C)cc1. The van der Waals surface area contributed by atoms with Gasteiger partial charge in [0.25, 0.3) is 0 Å². The van der Waals surface area contributed by atoms with Crippen LogP contribution in [0.4, 0.5) is 0 Å². The van der Waals surface area contributed by atoms with E-state index in [1.165, 1.54) is 32.7 Å². The zero-order chi connectivity index (χ0) is 15.7. The van der Waals surface area contributed by atoms with Gasteiger partial charge in [-0.1, -0.05) is 12.1 Å². The standard InChI is InChI=1S/C19H24OS/c1-11-12(2)14(4)18(15(5)13(11)3)19(20)16-7-9-17(21-6)10-8-16/h7-10,19-20H,1-6H3. The molecule has 2 rings (SSSR count). The highest BCUT2D eigenvalue weighted by molar-refractivity contribution is 7.98. The molecule has 2 heteroatoms. The fourth-order valence-corrected chi connectivity index (χ4v) is 3.30.